The van der Waals surface area contributed by atoms with E-state index >= 15 is 0 Å². The van der Waals surface area contributed by atoms with Gasteiger partial charge in [-0.1, -0.05) is 65.4 Å². The van der Waals surface area contributed by atoms with Crippen LogP contribution in [0.5, 0.6) is 0 Å². The predicted molar refractivity (Wildman–Crippen MR) is 133 cm³/mol. The van der Waals surface area contributed by atoms with Gasteiger partial charge in [0.1, 0.15) is 5.82 Å². The van der Waals surface area contributed by atoms with Gasteiger partial charge in [0.2, 0.25) is 0 Å². The predicted octanol–water partition coefficient (Wildman–Crippen LogP) is 4.73. The Bertz CT molecular complexity index is 1050. The van der Waals surface area contributed by atoms with Crippen molar-refractivity contribution in [3.8, 4) is 0 Å². The third-order valence-corrected chi connectivity index (χ3v) is 5.78. The van der Waals surface area contributed by atoms with Crippen LogP contribution in [-0.4, -0.2) is 44.5 Å². The Kier molecular flexibility index (Phi) is 7.77. The van der Waals surface area contributed by atoms with Crippen LogP contribution in [0.1, 0.15) is 57.5 Å². The minimum absolute atomic E-state index is 0.0653. The Morgan fingerprint density at radius 2 is 1.88 bits per heavy atom. The first-order chi connectivity index (χ1) is 15.2. The average molecular weight is 455 g/mol. The first-order valence-electron chi connectivity index (χ1n) is 11.2. The van der Waals surface area contributed by atoms with Gasteiger partial charge < -0.3 is 10.6 Å². The lowest BCUT2D eigenvalue weighted by molar-refractivity contribution is 0.0952. The van der Waals surface area contributed by atoms with Gasteiger partial charge in [0.25, 0.3) is 5.91 Å². The highest BCUT2D eigenvalue weighted by Crippen LogP contribution is 2.25. The molecule has 7 nitrogen and oxygen atoms in total. The van der Waals surface area contributed by atoms with Crippen molar-refractivity contribution in [2.45, 2.75) is 58.7 Å². The van der Waals surface area contributed by atoms with E-state index in [0.717, 1.165) is 34.3 Å². The number of carbonyl (C=O) groups is 1. The summed E-state index contributed by atoms with van der Waals surface area (Å²) in [6, 6.07) is 7.80. The van der Waals surface area contributed by atoms with Gasteiger partial charge >= 0.3 is 0 Å². The molecule has 2 N–H and O–H groups in total. The molecule has 0 aliphatic heterocycles. The second-order valence-corrected chi connectivity index (χ2v) is 10.5. The van der Waals surface area contributed by atoms with E-state index in [9.17, 15) is 4.79 Å². The second kappa shape index (κ2) is 10.3. The van der Waals surface area contributed by atoms with Gasteiger partial charge in [-0.15, -0.1) is 0 Å². The Labute approximate surface area is 194 Å². The van der Waals surface area contributed by atoms with Crippen LogP contribution in [0.3, 0.4) is 0 Å². The lowest BCUT2D eigenvalue weighted by Crippen LogP contribution is -2.27. The van der Waals surface area contributed by atoms with Gasteiger partial charge in [-0.05, 0) is 34.8 Å². The quantitative estimate of drug-likeness (QED) is 0.359. The van der Waals surface area contributed by atoms with E-state index in [-0.39, 0.29) is 11.3 Å². The van der Waals surface area contributed by atoms with Crippen molar-refractivity contribution < 1.29 is 4.79 Å². The molecule has 0 atom stereocenters. The number of carbonyl (C=O) groups excluding carboxylic acids is 1. The molecule has 0 saturated carbocycles. The number of thioether (sulfide) groups is 1. The Morgan fingerprint density at radius 3 is 2.50 bits per heavy atom. The molecule has 1 amide bonds. The van der Waals surface area contributed by atoms with Gasteiger partial charge in [-0.25, -0.2) is 14.6 Å². The number of amides is 1. The van der Waals surface area contributed by atoms with E-state index in [0.29, 0.717) is 24.6 Å². The Hall–Kier alpha value is -2.61. The molecule has 3 rings (SSSR count). The van der Waals surface area contributed by atoms with E-state index < -0.39 is 0 Å². The van der Waals surface area contributed by atoms with Crippen LogP contribution in [0, 0.1) is 5.92 Å². The van der Waals surface area contributed by atoms with Crippen molar-refractivity contribution in [1.29, 1.82) is 0 Å². The van der Waals surface area contributed by atoms with Gasteiger partial charge in [0, 0.05) is 18.7 Å². The number of rotatable bonds is 9. The van der Waals surface area contributed by atoms with Crippen molar-refractivity contribution in [2.24, 2.45) is 5.92 Å². The number of hydrogen-bond donors (Lipinski definition) is 2. The summed E-state index contributed by atoms with van der Waals surface area (Å²) in [5.74, 6) is 2.13. The zero-order valence-electron chi connectivity index (χ0n) is 19.9. The van der Waals surface area contributed by atoms with Crippen molar-refractivity contribution in [3.05, 3.63) is 41.6 Å². The highest BCUT2D eigenvalue weighted by atomic mass is 32.2. The molecule has 0 aliphatic rings. The third-order valence-electron chi connectivity index (χ3n) is 5.05. The van der Waals surface area contributed by atoms with E-state index in [1.807, 2.05) is 28.9 Å². The number of hydrogen-bond acceptors (Lipinski definition) is 6. The van der Waals surface area contributed by atoms with Crippen LogP contribution < -0.4 is 10.6 Å². The van der Waals surface area contributed by atoms with Crippen LogP contribution in [0.15, 0.2) is 35.6 Å². The van der Waals surface area contributed by atoms with Crippen LogP contribution in [0.4, 0.5) is 5.82 Å². The average Bonchev–Trinajstić information content (AvgIpc) is 3.14. The molecule has 8 heteroatoms. The highest BCUT2D eigenvalue weighted by molar-refractivity contribution is 7.99. The van der Waals surface area contributed by atoms with Crippen molar-refractivity contribution in [3.63, 3.8) is 0 Å². The summed E-state index contributed by atoms with van der Waals surface area (Å²) in [4.78, 5) is 21.9. The van der Waals surface area contributed by atoms with Gasteiger partial charge in [-0.3, -0.25) is 4.79 Å². The standard InChI is InChI=1S/C24H34N6OS/c1-7-32-23-28-20(26-14-16(2)3)19-15-27-30(21(19)29-23)13-12-25-22(31)17-8-10-18(11-9-17)24(4,5)6/h8-11,15-16H,7,12-14H2,1-6H3,(H,25,31)(H,26,28,29). The monoisotopic (exact) mass is 454 g/mol. The molecular formula is C24H34N6OS. The third kappa shape index (κ3) is 6.00. The summed E-state index contributed by atoms with van der Waals surface area (Å²) < 4.78 is 1.83. The summed E-state index contributed by atoms with van der Waals surface area (Å²) in [5.41, 5.74) is 2.72. The van der Waals surface area contributed by atoms with Crippen LogP contribution in [0.2, 0.25) is 0 Å². The van der Waals surface area contributed by atoms with Crippen molar-refractivity contribution >= 4 is 34.5 Å². The van der Waals surface area contributed by atoms with E-state index in [1.165, 1.54) is 5.56 Å². The minimum atomic E-state index is -0.0851. The number of aromatic nitrogens is 4. The summed E-state index contributed by atoms with van der Waals surface area (Å²) in [6.45, 7) is 14.7. The van der Waals surface area contributed by atoms with Crippen LogP contribution >= 0.6 is 11.8 Å². The van der Waals surface area contributed by atoms with Crippen molar-refractivity contribution in [1.82, 2.24) is 25.1 Å². The number of nitrogens with one attached hydrogen (secondary N) is 2. The summed E-state index contributed by atoms with van der Waals surface area (Å²) in [6.07, 6.45) is 1.80. The number of anilines is 1. The van der Waals surface area contributed by atoms with Crippen molar-refractivity contribution in [2.75, 3.05) is 24.2 Å². The lowest BCUT2D eigenvalue weighted by Gasteiger charge is -2.19. The molecular weight excluding hydrogens is 420 g/mol. The molecule has 2 heterocycles. The minimum Gasteiger partial charge on any atom is -0.369 e. The maximum absolute atomic E-state index is 12.6. The first kappa shape index (κ1) is 24.0. The number of fused-ring (bicyclic) bond motifs is 1. The summed E-state index contributed by atoms with van der Waals surface area (Å²) in [5, 5.41) is 12.6. The lowest BCUT2D eigenvalue weighted by atomic mass is 9.87. The fourth-order valence-electron chi connectivity index (χ4n) is 3.23. The van der Waals surface area contributed by atoms with E-state index in [2.05, 4.69) is 62.3 Å². The van der Waals surface area contributed by atoms with Gasteiger partial charge in [0.05, 0.1) is 18.1 Å². The molecule has 0 saturated heterocycles. The molecule has 0 fully saturated rings. The molecule has 2 aromatic heterocycles. The molecule has 0 unspecified atom stereocenters. The maximum atomic E-state index is 12.6. The molecule has 0 radical (unpaired) electrons. The smallest absolute Gasteiger partial charge is 0.251 e. The topological polar surface area (TPSA) is 84.7 Å². The summed E-state index contributed by atoms with van der Waals surface area (Å²) >= 11 is 1.61. The second-order valence-electron chi connectivity index (χ2n) is 9.25. The molecule has 0 bridgehead atoms. The first-order valence-corrected chi connectivity index (χ1v) is 12.2. The number of benzene rings is 1. The fraction of sp³-hybridized carbons (Fsp3) is 0.500. The zero-order chi connectivity index (χ0) is 23.3. The van der Waals surface area contributed by atoms with Crippen LogP contribution in [0.25, 0.3) is 11.0 Å². The van der Waals surface area contributed by atoms with Gasteiger partial charge in [0.15, 0.2) is 10.8 Å². The molecule has 0 aliphatic carbocycles. The summed E-state index contributed by atoms with van der Waals surface area (Å²) in [7, 11) is 0. The zero-order valence-corrected chi connectivity index (χ0v) is 20.7. The largest absolute Gasteiger partial charge is 0.369 e. The Morgan fingerprint density at radius 1 is 1.16 bits per heavy atom. The van der Waals surface area contributed by atoms with Gasteiger partial charge in [-0.2, -0.15) is 5.10 Å². The number of nitrogens with zero attached hydrogens (tertiary/aromatic N) is 4. The highest BCUT2D eigenvalue weighted by Gasteiger charge is 2.15. The van der Waals surface area contributed by atoms with Crippen LogP contribution in [-0.2, 0) is 12.0 Å². The molecule has 32 heavy (non-hydrogen) atoms. The Balaban J connectivity index is 1.70. The SMILES string of the molecule is CCSc1nc(NCC(C)C)c2cnn(CCNC(=O)c3ccc(C(C)(C)C)cc3)c2n1. The molecule has 3 aromatic rings. The molecule has 0 spiro atoms. The van der Waals surface area contributed by atoms with E-state index in [1.54, 1.807) is 18.0 Å². The fourth-order valence-corrected chi connectivity index (χ4v) is 3.79. The van der Waals surface area contributed by atoms with E-state index in [4.69, 9.17) is 4.98 Å². The normalized spacial score (nSPS) is 11.8. The molecule has 172 valence electrons. The molecule has 1 aromatic carbocycles. The maximum Gasteiger partial charge on any atom is 0.251 e.